The second kappa shape index (κ2) is 10.7. The number of ether oxygens (including phenoxy) is 2. The number of H-pyrrole nitrogens is 1. The molecule has 10 nitrogen and oxygen atoms in total. The highest BCUT2D eigenvalue weighted by molar-refractivity contribution is 5.83. The van der Waals surface area contributed by atoms with Gasteiger partial charge in [-0.3, -0.25) is 9.69 Å². The summed E-state index contributed by atoms with van der Waals surface area (Å²) >= 11 is 0. The Bertz CT molecular complexity index is 1600. The van der Waals surface area contributed by atoms with Crippen molar-refractivity contribution in [2.45, 2.75) is 45.4 Å². The predicted octanol–water partition coefficient (Wildman–Crippen LogP) is 4.67. The van der Waals surface area contributed by atoms with Gasteiger partial charge in [-0.05, 0) is 61.0 Å². The average Bonchev–Trinajstić information content (AvgIpc) is 3.61. The van der Waals surface area contributed by atoms with Crippen LogP contribution in [0.3, 0.4) is 0 Å². The Hall–Kier alpha value is -4.44. The molecule has 0 saturated carbocycles. The molecule has 3 heterocycles. The normalized spacial score (nSPS) is 12.7. The molecule has 5 rings (SSSR count). The summed E-state index contributed by atoms with van der Waals surface area (Å²) in [6.45, 7) is 7.03. The van der Waals surface area contributed by atoms with Crippen LogP contribution < -0.4 is 15.0 Å². The van der Waals surface area contributed by atoms with Gasteiger partial charge in [0.1, 0.15) is 11.8 Å². The SMILES string of the molecule is COc1cc2cc([C@@H](c3nnnn3C(C)(C)C)N(Cc3ccccc3)Cc3ccco3)c(=O)[nH]c2cc1OC. The minimum absolute atomic E-state index is 0.249. The molecule has 0 bridgehead atoms. The first kappa shape index (κ1) is 26.2. The summed E-state index contributed by atoms with van der Waals surface area (Å²) in [6, 6.07) is 18.7. The minimum atomic E-state index is -0.606. The molecule has 0 aliphatic rings. The molecule has 202 valence electrons. The number of rotatable bonds is 9. The molecule has 39 heavy (non-hydrogen) atoms. The molecule has 0 aliphatic carbocycles. The van der Waals surface area contributed by atoms with E-state index in [4.69, 9.17) is 13.9 Å². The van der Waals surface area contributed by atoms with Crippen LogP contribution in [0.25, 0.3) is 10.9 Å². The summed E-state index contributed by atoms with van der Waals surface area (Å²) in [7, 11) is 3.15. The van der Waals surface area contributed by atoms with Gasteiger partial charge in [0.25, 0.3) is 5.56 Å². The number of methoxy groups -OCH3 is 2. The number of aromatic amines is 1. The topological polar surface area (TPSA) is 111 Å². The maximum atomic E-state index is 13.8. The molecule has 0 fully saturated rings. The standard InChI is InChI=1S/C29H32N6O4/c1-29(2,3)35-27(31-32-33-35)26(34(18-21-12-9-13-39-21)17-19-10-7-6-8-11-19)22-14-20-15-24(37-4)25(38-5)16-23(20)30-28(22)36/h6-16,26H,17-18H2,1-5H3,(H,30,36)/t26-/m0/s1. The third-order valence-corrected chi connectivity index (χ3v) is 6.58. The first-order valence-corrected chi connectivity index (χ1v) is 12.7. The second-order valence-electron chi connectivity index (χ2n) is 10.3. The third-order valence-electron chi connectivity index (χ3n) is 6.58. The number of furan rings is 1. The fraction of sp³-hybridized carbons (Fsp3) is 0.310. The van der Waals surface area contributed by atoms with Gasteiger partial charge in [0, 0.05) is 23.6 Å². The van der Waals surface area contributed by atoms with Gasteiger partial charge in [-0.25, -0.2) is 4.68 Å². The van der Waals surface area contributed by atoms with E-state index in [1.165, 1.54) is 0 Å². The number of aromatic nitrogens is 5. The quantitative estimate of drug-likeness (QED) is 0.294. The van der Waals surface area contributed by atoms with E-state index < -0.39 is 11.6 Å². The molecule has 0 amide bonds. The Morgan fingerprint density at radius 2 is 1.74 bits per heavy atom. The van der Waals surface area contributed by atoms with Crippen LogP contribution in [0.1, 0.15) is 49.5 Å². The summed E-state index contributed by atoms with van der Waals surface area (Å²) in [5.41, 5.74) is 1.53. The van der Waals surface area contributed by atoms with Crippen molar-refractivity contribution in [2.75, 3.05) is 14.2 Å². The van der Waals surface area contributed by atoms with Crippen LogP contribution >= 0.6 is 0 Å². The van der Waals surface area contributed by atoms with E-state index in [1.54, 1.807) is 31.2 Å². The van der Waals surface area contributed by atoms with Gasteiger partial charge in [0.15, 0.2) is 17.3 Å². The number of tetrazole rings is 1. The monoisotopic (exact) mass is 528 g/mol. The summed E-state index contributed by atoms with van der Waals surface area (Å²) in [5, 5.41) is 13.6. The number of pyridine rings is 1. The number of nitrogens with zero attached hydrogens (tertiary/aromatic N) is 5. The largest absolute Gasteiger partial charge is 0.493 e. The van der Waals surface area contributed by atoms with Crippen molar-refractivity contribution in [3.63, 3.8) is 0 Å². The van der Waals surface area contributed by atoms with Crippen molar-refractivity contribution >= 4 is 10.9 Å². The molecule has 3 aromatic heterocycles. The van der Waals surface area contributed by atoms with Crippen LogP contribution in [0.2, 0.25) is 0 Å². The summed E-state index contributed by atoms with van der Waals surface area (Å²) in [6.07, 6.45) is 1.65. The molecule has 1 atom stereocenters. The third kappa shape index (κ3) is 5.42. The smallest absolute Gasteiger partial charge is 0.253 e. The maximum absolute atomic E-state index is 13.8. The van der Waals surface area contributed by atoms with E-state index in [1.807, 2.05) is 63.2 Å². The molecule has 0 saturated heterocycles. The van der Waals surface area contributed by atoms with E-state index in [-0.39, 0.29) is 5.56 Å². The zero-order valence-electron chi connectivity index (χ0n) is 22.7. The fourth-order valence-corrected chi connectivity index (χ4v) is 4.75. The van der Waals surface area contributed by atoms with Gasteiger partial charge in [0.2, 0.25) is 0 Å². The van der Waals surface area contributed by atoms with E-state index in [9.17, 15) is 4.79 Å². The highest BCUT2D eigenvalue weighted by Crippen LogP contribution is 2.35. The van der Waals surface area contributed by atoms with Gasteiger partial charge < -0.3 is 18.9 Å². The summed E-state index contributed by atoms with van der Waals surface area (Å²) in [5.74, 6) is 2.41. The van der Waals surface area contributed by atoms with E-state index in [0.29, 0.717) is 41.5 Å². The van der Waals surface area contributed by atoms with E-state index in [0.717, 1.165) is 16.7 Å². The van der Waals surface area contributed by atoms with Crippen molar-refractivity contribution in [1.82, 2.24) is 30.1 Å². The lowest BCUT2D eigenvalue weighted by Gasteiger charge is -2.32. The first-order chi connectivity index (χ1) is 18.8. The van der Waals surface area contributed by atoms with Gasteiger partial charge in [0.05, 0.1) is 38.1 Å². The Labute approximate surface area is 226 Å². The number of nitrogens with one attached hydrogen (secondary N) is 1. The van der Waals surface area contributed by atoms with Gasteiger partial charge in [-0.15, -0.1) is 5.10 Å². The van der Waals surface area contributed by atoms with Crippen molar-refractivity contribution < 1.29 is 13.9 Å². The minimum Gasteiger partial charge on any atom is -0.493 e. The first-order valence-electron chi connectivity index (χ1n) is 12.7. The summed E-state index contributed by atoms with van der Waals surface area (Å²) in [4.78, 5) is 19.0. The van der Waals surface area contributed by atoms with Gasteiger partial charge in [-0.1, -0.05) is 30.3 Å². The highest BCUT2D eigenvalue weighted by atomic mass is 16.5. The lowest BCUT2D eigenvalue weighted by atomic mass is 10.0. The Morgan fingerprint density at radius 3 is 2.41 bits per heavy atom. The molecular weight excluding hydrogens is 496 g/mol. The molecular formula is C29H32N6O4. The Balaban J connectivity index is 1.74. The van der Waals surface area contributed by atoms with Crippen molar-refractivity contribution in [2.24, 2.45) is 0 Å². The van der Waals surface area contributed by atoms with Crippen molar-refractivity contribution in [1.29, 1.82) is 0 Å². The van der Waals surface area contributed by atoms with Crippen LogP contribution in [-0.4, -0.2) is 44.3 Å². The number of hydrogen-bond donors (Lipinski definition) is 1. The Kier molecular flexibility index (Phi) is 7.21. The van der Waals surface area contributed by atoms with Crippen LogP contribution in [0.4, 0.5) is 0 Å². The zero-order valence-corrected chi connectivity index (χ0v) is 22.7. The zero-order chi connectivity index (χ0) is 27.6. The molecule has 5 aromatic rings. The number of fused-ring (bicyclic) bond motifs is 1. The van der Waals surface area contributed by atoms with Gasteiger partial charge >= 0.3 is 0 Å². The molecule has 0 aliphatic heterocycles. The van der Waals surface area contributed by atoms with Crippen LogP contribution in [-0.2, 0) is 18.6 Å². The number of benzene rings is 2. The number of hydrogen-bond acceptors (Lipinski definition) is 8. The van der Waals surface area contributed by atoms with Gasteiger partial charge in [-0.2, -0.15) is 0 Å². The molecule has 0 unspecified atom stereocenters. The van der Waals surface area contributed by atoms with Crippen molar-refractivity contribution in [3.8, 4) is 11.5 Å². The molecule has 10 heteroatoms. The molecule has 1 N–H and O–H groups in total. The Morgan fingerprint density at radius 1 is 1.00 bits per heavy atom. The van der Waals surface area contributed by atoms with Crippen LogP contribution in [0, 0.1) is 0 Å². The van der Waals surface area contributed by atoms with E-state index in [2.05, 4.69) is 37.5 Å². The average molecular weight is 529 g/mol. The predicted molar refractivity (Wildman–Crippen MR) is 147 cm³/mol. The van der Waals surface area contributed by atoms with Crippen LogP contribution in [0.15, 0.2) is 76.1 Å². The molecule has 0 radical (unpaired) electrons. The molecule has 0 spiro atoms. The maximum Gasteiger partial charge on any atom is 0.253 e. The second-order valence-corrected chi connectivity index (χ2v) is 10.3. The summed E-state index contributed by atoms with van der Waals surface area (Å²) < 4.78 is 18.5. The van der Waals surface area contributed by atoms with Crippen molar-refractivity contribution in [3.05, 3.63) is 100.0 Å². The lowest BCUT2D eigenvalue weighted by Crippen LogP contribution is -2.37. The fourth-order valence-electron chi connectivity index (χ4n) is 4.75. The van der Waals surface area contributed by atoms with Crippen LogP contribution in [0.5, 0.6) is 11.5 Å². The lowest BCUT2D eigenvalue weighted by molar-refractivity contribution is 0.171. The highest BCUT2D eigenvalue weighted by Gasteiger charge is 2.34. The van der Waals surface area contributed by atoms with E-state index >= 15 is 0 Å². The molecule has 2 aromatic carbocycles.